The van der Waals surface area contributed by atoms with Gasteiger partial charge in [-0.05, 0) is 13.8 Å². The summed E-state index contributed by atoms with van der Waals surface area (Å²) in [4.78, 5) is 8.75. The summed E-state index contributed by atoms with van der Waals surface area (Å²) in [6.45, 7) is 4.64. The Bertz CT molecular complexity index is 569. The van der Waals surface area contributed by atoms with Crippen LogP contribution in [0.5, 0.6) is 0 Å². The minimum Gasteiger partial charge on any atom is -0.384 e. The van der Waals surface area contributed by atoms with E-state index in [1.165, 1.54) is 0 Å². The van der Waals surface area contributed by atoms with Gasteiger partial charge in [-0.2, -0.15) is 0 Å². The van der Waals surface area contributed by atoms with Crippen molar-refractivity contribution in [3.05, 3.63) is 36.4 Å². The number of hydrogen-bond acceptors (Lipinski definition) is 5. The van der Waals surface area contributed by atoms with Crippen LogP contribution in [0.4, 0.5) is 11.6 Å². The van der Waals surface area contributed by atoms with Crippen molar-refractivity contribution in [1.82, 2.24) is 9.97 Å². The first-order valence-corrected chi connectivity index (χ1v) is 6.49. The van der Waals surface area contributed by atoms with Gasteiger partial charge in [-0.3, -0.25) is 0 Å². The molecule has 5 nitrogen and oxygen atoms in total. The molecule has 0 saturated carbocycles. The molecule has 106 valence electrons. The van der Waals surface area contributed by atoms with E-state index >= 15 is 0 Å². The van der Waals surface area contributed by atoms with Crippen molar-refractivity contribution in [2.45, 2.75) is 19.4 Å². The van der Waals surface area contributed by atoms with Gasteiger partial charge < -0.3 is 15.8 Å². The zero-order valence-electron chi connectivity index (χ0n) is 12.1. The molecule has 1 aromatic heterocycles. The fourth-order valence-electron chi connectivity index (χ4n) is 1.65. The highest BCUT2D eigenvalue weighted by Crippen LogP contribution is 2.19. The molecular formula is C15H20N4O. The summed E-state index contributed by atoms with van der Waals surface area (Å²) in [5.74, 6) is 1.75. The van der Waals surface area contributed by atoms with Crippen molar-refractivity contribution >= 4 is 11.6 Å². The number of benzene rings is 1. The highest BCUT2D eigenvalue weighted by atomic mass is 16.5. The topological polar surface area (TPSA) is 73.1 Å². The number of nitrogens with one attached hydrogen (secondary N) is 1. The van der Waals surface area contributed by atoms with Crippen LogP contribution in [0.3, 0.4) is 0 Å². The van der Waals surface area contributed by atoms with E-state index in [0.717, 1.165) is 5.56 Å². The molecule has 0 aliphatic heterocycles. The molecular weight excluding hydrogens is 252 g/mol. The molecule has 2 rings (SSSR count). The predicted octanol–water partition coefficient (Wildman–Crippen LogP) is 2.56. The molecule has 0 spiro atoms. The van der Waals surface area contributed by atoms with Gasteiger partial charge in [-0.15, -0.1) is 0 Å². The summed E-state index contributed by atoms with van der Waals surface area (Å²) in [5, 5.41) is 3.23. The van der Waals surface area contributed by atoms with Crippen LogP contribution in [0.15, 0.2) is 36.4 Å². The number of hydrogen-bond donors (Lipinski definition) is 2. The summed E-state index contributed by atoms with van der Waals surface area (Å²) >= 11 is 0. The van der Waals surface area contributed by atoms with E-state index in [2.05, 4.69) is 15.3 Å². The van der Waals surface area contributed by atoms with Crippen molar-refractivity contribution in [2.75, 3.05) is 24.7 Å². The Morgan fingerprint density at radius 1 is 1.20 bits per heavy atom. The zero-order chi connectivity index (χ0) is 14.6. The maximum atomic E-state index is 5.85. The maximum absolute atomic E-state index is 5.85. The Labute approximate surface area is 119 Å². The highest BCUT2D eigenvalue weighted by molar-refractivity contribution is 5.60. The van der Waals surface area contributed by atoms with E-state index in [0.29, 0.717) is 24.0 Å². The summed E-state index contributed by atoms with van der Waals surface area (Å²) in [5.41, 5.74) is 6.51. The Morgan fingerprint density at radius 2 is 1.90 bits per heavy atom. The Kier molecular flexibility index (Phi) is 4.20. The molecule has 0 saturated heterocycles. The van der Waals surface area contributed by atoms with Crippen LogP contribution in [-0.4, -0.2) is 29.2 Å². The average Bonchev–Trinajstić information content (AvgIpc) is 2.46. The Hall–Kier alpha value is -2.14. The molecule has 0 aliphatic rings. The van der Waals surface area contributed by atoms with Crippen molar-refractivity contribution in [2.24, 2.45) is 0 Å². The first-order chi connectivity index (χ1) is 9.50. The third-order valence-corrected chi connectivity index (χ3v) is 3.03. The molecule has 0 fully saturated rings. The lowest BCUT2D eigenvalue weighted by Crippen LogP contribution is -2.32. The molecule has 2 aromatic rings. The minimum absolute atomic E-state index is 0.271. The second kappa shape index (κ2) is 5.88. The zero-order valence-corrected chi connectivity index (χ0v) is 12.1. The molecule has 3 N–H and O–H groups in total. The lowest BCUT2D eigenvalue weighted by Gasteiger charge is -2.23. The van der Waals surface area contributed by atoms with Gasteiger partial charge in [-0.25, -0.2) is 9.97 Å². The van der Waals surface area contributed by atoms with E-state index in [9.17, 15) is 0 Å². The first-order valence-electron chi connectivity index (χ1n) is 6.49. The number of rotatable bonds is 5. The Balaban J connectivity index is 2.21. The molecule has 20 heavy (non-hydrogen) atoms. The monoisotopic (exact) mass is 272 g/mol. The summed E-state index contributed by atoms with van der Waals surface area (Å²) in [6, 6.07) is 11.5. The van der Waals surface area contributed by atoms with Crippen molar-refractivity contribution < 1.29 is 4.74 Å². The van der Waals surface area contributed by atoms with Crippen molar-refractivity contribution in [3.63, 3.8) is 0 Å². The molecule has 0 amide bonds. The van der Waals surface area contributed by atoms with Crippen LogP contribution >= 0.6 is 0 Å². The number of nitrogens with zero attached hydrogens (tertiary/aromatic N) is 2. The van der Waals surface area contributed by atoms with Crippen molar-refractivity contribution in [3.8, 4) is 11.4 Å². The summed E-state index contributed by atoms with van der Waals surface area (Å²) in [7, 11) is 1.69. The first kappa shape index (κ1) is 14.3. The van der Waals surface area contributed by atoms with Gasteiger partial charge in [0.1, 0.15) is 11.6 Å². The quantitative estimate of drug-likeness (QED) is 0.875. The summed E-state index contributed by atoms with van der Waals surface area (Å²) < 4.78 is 5.37. The number of methoxy groups -OCH3 is 1. The Morgan fingerprint density at radius 3 is 2.55 bits per heavy atom. The molecule has 5 heteroatoms. The average molecular weight is 272 g/mol. The molecule has 0 radical (unpaired) electrons. The minimum atomic E-state index is -0.271. The molecule has 0 unspecified atom stereocenters. The van der Waals surface area contributed by atoms with E-state index in [4.69, 9.17) is 10.5 Å². The van der Waals surface area contributed by atoms with E-state index < -0.39 is 0 Å². The number of nitrogens with two attached hydrogens (primary N) is 1. The molecule has 1 heterocycles. The van der Waals surface area contributed by atoms with Crippen LogP contribution < -0.4 is 11.1 Å². The molecule has 1 aromatic carbocycles. The lowest BCUT2D eigenvalue weighted by atomic mass is 10.1. The van der Waals surface area contributed by atoms with Crippen LogP contribution in [0.1, 0.15) is 13.8 Å². The normalized spacial score (nSPS) is 11.3. The second-order valence-corrected chi connectivity index (χ2v) is 5.19. The smallest absolute Gasteiger partial charge is 0.163 e. The van der Waals surface area contributed by atoms with Gasteiger partial charge in [0, 0.05) is 25.3 Å². The van der Waals surface area contributed by atoms with Crippen LogP contribution in [-0.2, 0) is 4.74 Å². The lowest BCUT2D eigenvalue weighted by molar-refractivity contribution is 0.0343. The van der Waals surface area contributed by atoms with Gasteiger partial charge in [0.25, 0.3) is 0 Å². The maximum Gasteiger partial charge on any atom is 0.163 e. The third kappa shape index (κ3) is 3.68. The third-order valence-electron chi connectivity index (χ3n) is 3.03. The largest absolute Gasteiger partial charge is 0.384 e. The second-order valence-electron chi connectivity index (χ2n) is 5.19. The fourth-order valence-corrected chi connectivity index (χ4v) is 1.65. The number of ether oxygens (including phenoxy) is 1. The SMILES string of the molecule is COC(C)(C)CNc1cc(N)nc(-c2ccccc2)n1. The van der Waals surface area contributed by atoms with Crippen LogP contribution in [0.2, 0.25) is 0 Å². The van der Waals surface area contributed by atoms with E-state index in [1.54, 1.807) is 13.2 Å². The summed E-state index contributed by atoms with van der Waals surface area (Å²) in [6.07, 6.45) is 0. The number of nitrogen functional groups attached to an aromatic ring is 1. The molecule has 0 aliphatic carbocycles. The highest BCUT2D eigenvalue weighted by Gasteiger charge is 2.16. The molecule has 0 atom stereocenters. The van der Waals surface area contributed by atoms with Crippen molar-refractivity contribution in [1.29, 1.82) is 0 Å². The number of aromatic nitrogens is 2. The van der Waals surface area contributed by atoms with Gasteiger partial charge in [0.05, 0.1) is 5.60 Å². The van der Waals surface area contributed by atoms with Crippen LogP contribution in [0.25, 0.3) is 11.4 Å². The standard InChI is InChI=1S/C15H20N4O/c1-15(2,20-3)10-17-13-9-12(16)18-14(19-13)11-7-5-4-6-8-11/h4-9H,10H2,1-3H3,(H3,16,17,18,19). The molecule has 0 bridgehead atoms. The predicted molar refractivity (Wildman–Crippen MR) is 81.5 cm³/mol. The van der Waals surface area contributed by atoms with Gasteiger partial charge >= 0.3 is 0 Å². The van der Waals surface area contributed by atoms with Gasteiger partial charge in [0.2, 0.25) is 0 Å². The number of anilines is 2. The van der Waals surface area contributed by atoms with Crippen LogP contribution in [0, 0.1) is 0 Å². The van der Waals surface area contributed by atoms with E-state index in [-0.39, 0.29) is 5.60 Å². The van der Waals surface area contributed by atoms with Gasteiger partial charge in [-0.1, -0.05) is 30.3 Å². The van der Waals surface area contributed by atoms with Gasteiger partial charge in [0.15, 0.2) is 5.82 Å². The van der Waals surface area contributed by atoms with E-state index in [1.807, 2.05) is 44.2 Å². The fraction of sp³-hybridized carbons (Fsp3) is 0.333.